The van der Waals surface area contributed by atoms with E-state index < -0.39 is 0 Å². The molecule has 9 heteroatoms. The van der Waals surface area contributed by atoms with E-state index in [-0.39, 0.29) is 29.4 Å². The average Bonchev–Trinajstić information content (AvgIpc) is 3.30. The van der Waals surface area contributed by atoms with E-state index in [1.165, 1.54) is 0 Å². The summed E-state index contributed by atoms with van der Waals surface area (Å²) in [4.78, 5) is 13.5. The minimum atomic E-state index is -0.0591. The van der Waals surface area contributed by atoms with Gasteiger partial charge in [-0.15, -0.1) is 24.0 Å². The Bertz CT molecular complexity index is 1000. The number of nitrogens with one attached hydrogen (secondary N) is 2. The van der Waals surface area contributed by atoms with E-state index >= 15 is 0 Å². The molecule has 0 bridgehead atoms. The van der Waals surface area contributed by atoms with Crippen LogP contribution < -0.4 is 10.6 Å². The van der Waals surface area contributed by atoms with E-state index in [2.05, 4.69) is 51.5 Å². The number of hydrogen-bond acceptors (Lipinski definition) is 5. The quantitative estimate of drug-likeness (QED) is 0.280. The van der Waals surface area contributed by atoms with Gasteiger partial charge in [-0.1, -0.05) is 26.8 Å². The highest BCUT2D eigenvalue weighted by molar-refractivity contribution is 14.0. The first-order valence-corrected chi connectivity index (χ1v) is 10.2. The van der Waals surface area contributed by atoms with Crippen molar-refractivity contribution < 1.29 is 4.42 Å². The maximum atomic E-state index is 5.83. The summed E-state index contributed by atoms with van der Waals surface area (Å²) in [7, 11) is 0. The van der Waals surface area contributed by atoms with E-state index in [4.69, 9.17) is 4.42 Å². The second-order valence-corrected chi connectivity index (χ2v) is 8.28. The summed E-state index contributed by atoms with van der Waals surface area (Å²) in [5.74, 6) is 3.02. The largest absolute Gasteiger partial charge is 0.443 e. The van der Waals surface area contributed by atoms with Gasteiger partial charge >= 0.3 is 0 Å². The van der Waals surface area contributed by atoms with Crippen molar-refractivity contribution >= 4 is 29.9 Å². The Hall–Kier alpha value is -2.43. The van der Waals surface area contributed by atoms with Crippen LogP contribution in [0.3, 0.4) is 0 Å². The molecule has 0 radical (unpaired) electrons. The number of guanidine groups is 1. The molecule has 3 heterocycles. The molecule has 168 valence electrons. The van der Waals surface area contributed by atoms with Gasteiger partial charge in [-0.2, -0.15) is 5.10 Å². The topological polar surface area (TPSA) is 93.2 Å². The van der Waals surface area contributed by atoms with E-state index in [1.807, 2.05) is 49.8 Å². The normalized spacial score (nSPS) is 11.9. The lowest BCUT2D eigenvalue weighted by atomic mass is 9.94. The van der Waals surface area contributed by atoms with Gasteiger partial charge in [-0.3, -0.25) is 0 Å². The predicted octanol–water partition coefficient (Wildman–Crippen LogP) is 4.04. The lowest BCUT2D eigenvalue weighted by molar-refractivity contribution is 0.379. The van der Waals surface area contributed by atoms with Crippen molar-refractivity contribution in [3.8, 4) is 5.82 Å². The monoisotopic (exact) mass is 537 g/mol. The van der Waals surface area contributed by atoms with Crippen molar-refractivity contribution in [3.05, 3.63) is 59.2 Å². The van der Waals surface area contributed by atoms with Crippen LogP contribution in [-0.2, 0) is 18.5 Å². The maximum absolute atomic E-state index is 5.83. The molecule has 3 aromatic heterocycles. The number of halogens is 1. The fraction of sp³-hybridized carbons (Fsp3) is 0.455. The lowest BCUT2D eigenvalue weighted by Gasteiger charge is -2.13. The second-order valence-electron chi connectivity index (χ2n) is 8.28. The van der Waals surface area contributed by atoms with Crippen LogP contribution in [0.5, 0.6) is 0 Å². The summed E-state index contributed by atoms with van der Waals surface area (Å²) in [5.41, 5.74) is 3.00. The van der Waals surface area contributed by atoms with E-state index in [1.54, 1.807) is 6.20 Å². The number of rotatable bonds is 6. The minimum Gasteiger partial charge on any atom is -0.443 e. The molecule has 0 aliphatic carbocycles. The molecule has 31 heavy (non-hydrogen) atoms. The van der Waals surface area contributed by atoms with Crippen molar-refractivity contribution in [3.63, 3.8) is 0 Å². The fourth-order valence-corrected chi connectivity index (χ4v) is 2.91. The van der Waals surface area contributed by atoms with Crippen LogP contribution >= 0.6 is 24.0 Å². The lowest BCUT2D eigenvalue weighted by Crippen LogP contribution is -2.36. The number of aliphatic imine (C=N–C) groups is 1. The summed E-state index contributed by atoms with van der Waals surface area (Å²) in [6.07, 6.45) is 3.62. The molecule has 0 atom stereocenters. The Morgan fingerprint density at radius 1 is 1.13 bits per heavy atom. The molecule has 0 aromatic carbocycles. The maximum Gasteiger partial charge on any atom is 0.213 e. The van der Waals surface area contributed by atoms with Crippen molar-refractivity contribution in [2.75, 3.05) is 6.54 Å². The van der Waals surface area contributed by atoms with Crippen molar-refractivity contribution in [1.82, 2.24) is 30.4 Å². The molecule has 3 aromatic rings. The molecular formula is C22H32IN7O. The molecule has 0 aliphatic rings. The molecule has 0 saturated carbocycles. The summed E-state index contributed by atoms with van der Waals surface area (Å²) in [6.45, 7) is 14.1. The van der Waals surface area contributed by atoms with Crippen LogP contribution in [0.25, 0.3) is 5.82 Å². The molecule has 0 amide bonds. The highest BCUT2D eigenvalue weighted by atomic mass is 127. The van der Waals surface area contributed by atoms with Crippen LogP contribution in [0.1, 0.15) is 56.3 Å². The number of pyridine rings is 1. The van der Waals surface area contributed by atoms with Gasteiger partial charge in [0.25, 0.3) is 0 Å². The Morgan fingerprint density at radius 3 is 2.45 bits per heavy atom. The molecule has 0 aliphatic heterocycles. The van der Waals surface area contributed by atoms with Crippen LogP contribution in [0.15, 0.2) is 40.0 Å². The molecule has 3 rings (SSSR count). The molecule has 2 N–H and O–H groups in total. The van der Waals surface area contributed by atoms with Crippen LogP contribution in [0, 0.1) is 13.8 Å². The highest BCUT2D eigenvalue weighted by Gasteiger charge is 2.19. The first kappa shape index (κ1) is 24.8. The third-order valence-electron chi connectivity index (χ3n) is 4.50. The molecule has 0 unspecified atom stereocenters. The predicted molar refractivity (Wildman–Crippen MR) is 133 cm³/mol. The first-order chi connectivity index (χ1) is 14.3. The Balaban J connectivity index is 0.00000341. The SMILES string of the molecule is CCNC(=NCc1ccc(-n2nc(C)cc2C)nc1)NCc1ncc(C(C)(C)C)o1.I. The smallest absolute Gasteiger partial charge is 0.213 e. The van der Waals surface area contributed by atoms with Gasteiger partial charge in [0.1, 0.15) is 5.76 Å². The zero-order chi connectivity index (χ0) is 21.7. The van der Waals surface area contributed by atoms with Crippen LogP contribution in [-0.4, -0.2) is 32.3 Å². The van der Waals surface area contributed by atoms with Gasteiger partial charge in [0.2, 0.25) is 5.89 Å². The van der Waals surface area contributed by atoms with E-state index in [9.17, 15) is 0 Å². The second kappa shape index (κ2) is 10.7. The third kappa shape index (κ3) is 6.78. The zero-order valence-corrected chi connectivity index (χ0v) is 21.4. The number of aromatic nitrogens is 4. The summed E-state index contributed by atoms with van der Waals surface area (Å²) in [6, 6.07) is 6.02. The number of oxazole rings is 1. The number of aryl methyl sites for hydroxylation is 2. The summed E-state index contributed by atoms with van der Waals surface area (Å²) < 4.78 is 7.67. The Kier molecular flexibility index (Phi) is 8.60. The van der Waals surface area contributed by atoms with Gasteiger partial charge in [0.15, 0.2) is 11.8 Å². The zero-order valence-electron chi connectivity index (χ0n) is 19.1. The number of hydrogen-bond donors (Lipinski definition) is 2. The van der Waals surface area contributed by atoms with Gasteiger partial charge in [-0.25, -0.2) is 19.6 Å². The minimum absolute atomic E-state index is 0. The fourth-order valence-electron chi connectivity index (χ4n) is 2.91. The standard InChI is InChI=1S/C22H31N7O.HI/c1-7-23-21(27-14-20-25-13-18(30-20)22(4,5)6)26-12-17-8-9-19(24-11-17)29-16(3)10-15(2)28-29;/h8-11,13H,7,12,14H2,1-6H3,(H2,23,26,27);1H. The molecular weight excluding hydrogens is 505 g/mol. The Morgan fingerprint density at radius 2 is 1.90 bits per heavy atom. The highest BCUT2D eigenvalue weighted by Crippen LogP contribution is 2.22. The Labute approximate surface area is 201 Å². The van der Waals surface area contributed by atoms with Crippen molar-refractivity contribution in [1.29, 1.82) is 0 Å². The molecule has 0 fully saturated rings. The number of nitrogens with zero attached hydrogens (tertiary/aromatic N) is 5. The van der Waals surface area contributed by atoms with Gasteiger partial charge in [0.05, 0.1) is 25.0 Å². The molecule has 0 saturated heterocycles. The summed E-state index contributed by atoms with van der Waals surface area (Å²) in [5, 5.41) is 11.0. The van der Waals surface area contributed by atoms with Crippen LogP contribution in [0.4, 0.5) is 0 Å². The molecule has 0 spiro atoms. The van der Waals surface area contributed by atoms with Gasteiger partial charge in [0, 0.05) is 23.9 Å². The van der Waals surface area contributed by atoms with E-state index in [0.717, 1.165) is 35.1 Å². The average molecular weight is 537 g/mol. The third-order valence-corrected chi connectivity index (χ3v) is 4.50. The summed E-state index contributed by atoms with van der Waals surface area (Å²) >= 11 is 0. The van der Waals surface area contributed by atoms with Gasteiger partial charge < -0.3 is 15.1 Å². The van der Waals surface area contributed by atoms with Crippen LogP contribution in [0.2, 0.25) is 0 Å². The first-order valence-electron chi connectivity index (χ1n) is 10.2. The van der Waals surface area contributed by atoms with Crippen molar-refractivity contribution in [2.24, 2.45) is 4.99 Å². The molecule has 8 nitrogen and oxygen atoms in total. The van der Waals surface area contributed by atoms with Gasteiger partial charge in [-0.05, 0) is 38.5 Å². The van der Waals surface area contributed by atoms with Crippen molar-refractivity contribution in [2.45, 2.75) is 60.0 Å². The van der Waals surface area contributed by atoms with E-state index in [0.29, 0.717) is 24.9 Å².